The van der Waals surface area contributed by atoms with Crippen molar-refractivity contribution in [2.24, 2.45) is 0 Å². The monoisotopic (exact) mass is 182 g/mol. The van der Waals surface area contributed by atoms with Gasteiger partial charge in [0.25, 0.3) is 0 Å². The third-order valence-corrected chi connectivity index (χ3v) is 2.01. The van der Waals surface area contributed by atoms with Crippen LogP contribution in [0.25, 0.3) is 0 Å². The van der Waals surface area contributed by atoms with Crippen molar-refractivity contribution in [3.63, 3.8) is 0 Å². The van der Waals surface area contributed by atoms with Crippen molar-refractivity contribution in [2.75, 3.05) is 13.0 Å². The van der Waals surface area contributed by atoms with Crippen molar-refractivity contribution in [2.45, 2.75) is 24.6 Å². The number of hydrogen-bond acceptors (Lipinski definition) is 4. The maximum atomic E-state index is 9.22. The Bertz CT molecular complexity index is 114. The molecule has 1 aliphatic rings. The highest BCUT2D eigenvalue weighted by molar-refractivity contribution is 6.18. The van der Waals surface area contributed by atoms with E-state index in [1.807, 2.05) is 0 Å². The number of ether oxygens (including phenoxy) is 2. The molecule has 1 fully saturated rings. The van der Waals surface area contributed by atoms with E-state index in [0.717, 1.165) is 0 Å². The minimum atomic E-state index is -0.997. The Morgan fingerprint density at radius 2 is 2.09 bits per heavy atom. The number of aliphatic hydroxyl groups is 2. The van der Waals surface area contributed by atoms with E-state index in [2.05, 4.69) is 0 Å². The van der Waals surface area contributed by atoms with Crippen molar-refractivity contribution in [1.82, 2.24) is 0 Å². The molecule has 0 spiro atoms. The highest BCUT2D eigenvalue weighted by Gasteiger charge is 2.42. The van der Waals surface area contributed by atoms with Gasteiger partial charge in [-0.2, -0.15) is 0 Å². The summed E-state index contributed by atoms with van der Waals surface area (Å²) in [7, 11) is 1.40. The molecular formula is C6H11ClO4. The lowest BCUT2D eigenvalue weighted by atomic mass is 10.2. The Hall–Kier alpha value is 0.130. The van der Waals surface area contributed by atoms with Crippen LogP contribution >= 0.6 is 11.6 Å². The van der Waals surface area contributed by atoms with Gasteiger partial charge >= 0.3 is 0 Å². The lowest BCUT2D eigenvalue weighted by molar-refractivity contribution is -0.145. The summed E-state index contributed by atoms with van der Waals surface area (Å²) in [5, 5.41) is 18.4. The second-order valence-electron chi connectivity index (χ2n) is 2.41. The summed E-state index contributed by atoms with van der Waals surface area (Å²) in [6, 6.07) is 0. The van der Waals surface area contributed by atoms with Gasteiger partial charge in [-0.3, -0.25) is 0 Å². The van der Waals surface area contributed by atoms with Crippen molar-refractivity contribution < 1.29 is 19.7 Å². The molecule has 0 amide bonds. The first-order chi connectivity index (χ1) is 5.20. The predicted molar refractivity (Wildman–Crippen MR) is 38.4 cm³/mol. The number of halogens is 1. The molecule has 0 aromatic rings. The van der Waals surface area contributed by atoms with Gasteiger partial charge in [0.05, 0.1) is 5.88 Å². The first-order valence-electron chi connectivity index (χ1n) is 3.31. The number of aliphatic hydroxyl groups excluding tert-OH is 2. The average molecular weight is 183 g/mol. The van der Waals surface area contributed by atoms with Crippen molar-refractivity contribution >= 4 is 11.6 Å². The van der Waals surface area contributed by atoms with E-state index in [1.54, 1.807) is 0 Å². The summed E-state index contributed by atoms with van der Waals surface area (Å²) in [5.74, 6) is 0.151. The Morgan fingerprint density at radius 3 is 2.36 bits per heavy atom. The summed E-state index contributed by atoms with van der Waals surface area (Å²) in [6.07, 6.45) is -3.23. The van der Waals surface area contributed by atoms with Crippen LogP contribution in [-0.4, -0.2) is 47.8 Å². The van der Waals surface area contributed by atoms with E-state index >= 15 is 0 Å². The standard InChI is InChI=1S/C6H11ClO4/c1-10-6-5(9)4(8)3(2-7)11-6/h3-6,8-9H,2H2,1H3/t3-,4-,5+,6-/m1/s1. The molecule has 0 aliphatic carbocycles. The molecule has 2 N–H and O–H groups in total. The fraction of sp³-hybridized carbons (Fsp3) is 1.00. The van der Waals surface area contributed by atoms with Gasteiger partial charge in [-0.25, -0.2) is 0 Å². The quantitative estimate of drug-likeness (QED) is 0.556. The molecule has 0 saturated carbocycles. The molecule has 0 radical (unpaired) electrons. The first-order valence-corrected chi connectivity index (χ1v) is 3.84. The minimum absolute atomic E-state index is 0.151. The Labute approximate surface area is 69.7 Å². The molecule has 4 atom stereocenters. The van der Waals surface area contributed by atoms with Crippen LogP contribution in [0.3, 0.4) is 0 Å². The largest absolute Gasteiger partial charge is 0.387 e. The van der Waals surface area contributed by atoms with E-state index in [-0.39, 0.29) is 5.88 Å². The molecule has 1 heterocycles. The van der Waals surface area contributed by atoms with Gasteiger partial charge in [-0.1, -0.05) is 0 Å². The van der Waals surface area contributed by atoms with Crippen molar-refractivity contribution in [3.05, 3.63) is 0 Å². The lowest BCUT2D eigenvalue weighted by Crippen LogP contribution is -2.33. The molecule has 0 aromatic carbocycles. The van der Waals surface area contributed by atoms with Crippen LogP contribution < -0.4 is 0 Å². The van der Waals surface area contributed by atoms with Crippen molar-refractivity contribution in [3.8, 4) is 0 Å². The molecule has 1 aliphatic heterocycles. The van der Waals surface area contributed by atoms with Crippen molar-refractivity contribution in [1.29, 1.82) is 0 Å². The molecule has 5 heteroatoms. The van der Waals surface area contributed by atoms with Crippen LogP contribution in [0.5, 0.6) is 0 Å². The second-order valence-corrected chi connectivity index (χ2v) is 2.72. The number of alkyl halides is 1. The molecule has 66 valence electrons. The van der Waals surface area contributed by atoms with Crippen LogP contribution in [0, 0.1) is 0 Å². The number of rotatable bonds is 2. The van der Waals surface area contributed by atoms with Crippen LogP contribution in [0.2, 0.25) is 0 Å². The Balaban J connectivity index is 2.53. The van der Waals surface area contributed by atoms with Gasteiger partial charge in [0.1, 0.15) is 18.3 Å². The summed E-state index contributed by atoms with van der Waals surface area (Å²) >= 11 is 5.44. The zero-order valence-electron chi connectivity index (χ0n) is 6.11. The van der Waals surface area contributed by atoms with Gasteiger partial charge < -0.3 is 19.7 Å². The third-order valence-electron chi connectivity index (χ3n) is 1.70. The molecule has 11 heavy (non-hydrogen) atoms. The lowest BCUT2D eigenvalue weighted by Gasteiger charge is -2.11. The van der Waals surface area contributed by atoms with Gasteiger partial charge in [0.2, 0.25) is 0 Å². The smallest absolute Gasteiger partial charge is 0.186 e. The van der Waals surface area contributed by atoms with E-state index < -0.39 is 24.6 Å². The van der Waals surface area contributed by atoms with E-state index in [0.29, 0.717) is 0 Å². The predicted octanol–water partition coefficient (Wildman–Crippen LogP) is -0.682. The highest BCUT2D eigenvalue weighted by atomic mass is 35.5. The fourth-order valence-corrected chi connectivity index (χ4v) is 1.29. The maximum Gasteiger partial charge on any atom is 0.186 e. The van der Waals surface area contributed by atoms with Crippen LogP contribution in [0.1, 0.15) is 0 Å². The SMILES string of the molecule is CO[C@@H]1O[C@H](CCl)[C@@H](O)[C@@H]1O. The van der Waals surface area contributed by atoms with E-state index in [9.17, 15) is 10.2 Å². The molecule has 1 saturated heterocycles. The number of hydrogen-bond donors (Lipinski definition) is 2. The summed E-state index contributed by atoms with van der Waals surface area (Å²) in [5.41, 5.74) is 0. The van der Waals surface area contributed by atoms with E-state index in [1.165, 1.54) is 7.11 Å². The normalized spacial score (nSPS) is 44.7. The molecule has 0 bridgehead atoms. The Kier molecular flexibility index (Phi) is 3.09. The zero-order chi connectivity index (χ0) is 8.43. The average Bonchev–Trinajstić information content (AvgIpc) is 2.30. The summed E-state index contributed by atoms with van der Waals surface area (Å²) < 4.78 is 9.77. The van der Waals surface area contributed by atoms with Crippen LogP contribution in [0.4, 0.5) is 0 Å². The Morgan fingerprint density at radius 1 is 1.45 bits per heavy atom. The molecule has 4 nitrogen and oxygen atoms in total. The van der Waals surface area contributed by atoms with Gasteiger partial charge in [-0.05, 0) is 0 Å². The molecule has 1 rings (SSSR count). The van der Waals surface area contributed by atoms with Crippen LogP contribution in [0.15, 0.2) is 0 Å². The molecular weight excluding hydrogens is 172 g/mol. The summed E-state index contributed by atoms with van der Waals surface area (Å²) in [4.78, 5) is 0. The number of methoxy groups -OCH3 is 1. The summed E-state index contributed by atoms with van der Waals surface area (Å²) in [6.45, 7) is 0. The third kappa shape index (κ3) is 1.65. The zero-order valence-corrected chi connectivity index (χ0v) is 6.86. The minimum Gasteiger partial charge on any atom is -0.387 e. The fourth-order valence-electron chi connectivity index (χ4n) is 1.04. The molecule has 0 aromatic heterocycles. The van der Waals surface area contributed by atoms with E-state index in [4.69, 9.17) is 21.1 Å². The van der Waals surface area contributed by atoms with Gasteiger partial charge in [0, 0.05) is 7.11 Å². The highest BCUT2D eigenvalue weighted by Crippen LogP contribution is 2.22. The van der Waals surface area contributed by atoms with Gasteiger partial charge in [0.15, 0.2) is 6.29 Å². The maximum absolute atomic E-state index is 9.22. The first kappa shape index (κ1) is 9.22. The topological polar surface area (TPSA) is 58.9 Å². The second kappa shape index (κ2) is 3.69. The van der Waals surface area contributed by atoms with Crippen LogP contribution in [-0.2, 0) is 9.47 Å². The molecule has 0 unspecified atom stereocenters. The van der Waals surface area contributed by atoms with Gasteiger partial charge in [-0.15, -0.1) is 11.6 Å².